The van der Waals surface area contributed by atoms with E-state index in [0.29, 0.717) is 19.2 Å². The molecule has 0 amide bonds. The van der Waals surface area contributed by atoms with Gasteiger partial charge in [0.2, 0.25) is 0 Å². The maximum Gasteiger partial charge on any atom is 0.124 e. The first-order chi connectivity index (χ1) is 10.2. The Morgan fingerprint density at radius 2 is 2.29 bits per heavy atom. The fraction of sp³-hybridized carbons (Fsp3) is 0.625. The molecule has 0 bridgehead atoms. The minimum Gasteiger partial charge on any atom is -0.490 e. The molecule has 1 saturated heterocycles. The van der Waals surface area contributed by atoms with E-state index in [9.17, 15) is 4.39 Å². The maximum atomic E-state index is 13.4. The van der Waals surface area contributed by atoms with E-state index in [4.69, 9.17) is 9.47 Å². The van der Waals surface area contributed by atoms with Crippen LogP contribution >= 0.6 is 0 Å². The second-order valence-electron chi connectivity index (χ2n) is 5.97. The third-order valence-corrected chi connectivity index (χ3v) is 3.95. The van der Waals surface area contributed by atoms with E-state index in [0.717, 1.165) is 31.0 Å². The van der Waals surface area contributed by atoms with Crippen molar-refractivity contribution in [1.82, 2.24) is 10.2 Å². The first kappa shape index (κ1) is 14.8. The Labute approximate surface area is 125 Å². The summed E-state index contributed by atoms with van der Waals surface area (Å²) in [6.45, 7) is 3.74. The van der Waals surface area contributed by atoms with Crippen LogP contribution in [-0.4, -0.2) is 50.4 Å². The summed E-state index contributed by atoms with van der Waals surface area (Å²) in [5.74, 6) is 0.532. The Hall–Kier alpha value is -1.17. The van der Waals surface area contributed by atoms with E-state index >= 15 is 0 Å². The normalized spacial score (nSPS) is 23.2. The van der Waals surface area contributed by atoms with Gasteiger partial charge in [0, 0.05) is 31.2 Å². The molecule has 0 aromatic heterocycles. The molecule has 1 aromatic rings. The zero-order valence-corrected chi connectivity index (χ0v) is 12.5. The van der Waals surface area contributed by atoms with Crippen LogP contribution in [0.1, 0.15) is 18.4 Å². The van der Waals surface area contributed by atoms with E-state index in [2.05, 4.69) is 17.3 Å². The molecule has 1 aromatic carbocycles. The highest BCUT2D eigenvalue weighted by molar-refractivity contribution is 5.34. The van der Waals surface area contributed by atoms with Crippen molar-refractivity contribution in [3.8, 4) is 5.75 Å². The molecule has 0 spiro atoms. The van der Waals surface area contributed by atoms with E-state index in [-0.39, 0.29) is 11.9 Å². The number of halogens is 1. The minimum absolute atomic E-state index is 0.0815. The van der Waals surface area contributed by atoms with Gasteiger partial charge in [0.05, 0.1) is 6.61 Å². The number of rotatable bonds is 6. The van der Waals surface area contributed by atoms with Crippen molar-refractivity contribution in [2.75, 3.05) is 33.4 Å². The Bertz CT molecular complexity index is 479. The Morgan fingerprint density at radius 1 is 1.43 bits per heavy atom. The van der Waals surface area contributed by atoms with Crippen LogP contribution in [0.4, 0.5) is 4.39 Å². The van der Waals surface area contributed by atoms with Gasteiger partial charge < -0.3 is 19.7 Å². The van der Waals surface area contributed by atoms with Gasteiger partial charge in [0.15, 0.2) is 0 Å². The molecule has 1 N–H and O–H groups in total. The van der Waals surface area contributed by atoms with Crippen molar-refractivity contribution in [2.45, 2.75) is 31.5 Å². The Balaban J connectivity index is 1.57. The van der Waals surface area contributed by atoms with Gasteiger partial charge in [-0.3, -0.25) is 0 Å². The third-order valence-electron chi connectivity index (χ3n) is 3.95. The van der Waals surface area contributed by atoms with Crippen LogP contribution in [0.5, 0.6) is 5.75 Å². The fourth-order valence-corrected chi connectivity index (χ4v) is 2.52. The SMILES string of the molecule is CN1CCOC(COc2ccc(F)cc2CNC2CC2)C1. The molecule has 3 rings (SSSR count). The van der Waals surface area contributed by atoms with Crippen LogP contribution in [-0.2, 0) is 11.3 Å². The average Bonchev–Trinajstić information content (AvgIpc) is 3.28. The molecular weight excluding hydrogens is 271 g/mol. The molecule has 2 fully saturated rings. The highest BCUT2D eigenvalue weighted by Gasteiger charge is 2.22. The first-order valence-electron chi connectivity index (χ1n) is 7.65. The second-order valence-corrected chi connectivity index (χ2v) is 5.97. The fourth-order valence-electron chi connectivity index (χ4n) is 2.52. The van der Waals surface area contributed by atoms with Gasteiger partial charge in [-0.05, 0) is 38.1 Å². The summed E-state index contributed by atoms with van der Waals surface area (Å²) in [6, 6.07) is 5.31. The molecule has 116 valence electrons. The van der Waals surface area contributed by atoms with Crippen LogP contribution in [0, 0.1) is 5.82 Å². The molecule has 1 aliphatic carbocycles. The standard InChI is InChI=1S/C16H23FN2O2/c1-19-6-7-20-15(10-19)11-21-16-5-2-13(17)8-12(16)9-18-14-3-4-14/h2,5,8,14-15,18H,3-4,6-7,9-11H2,1H3. The van der Waals surface area contributed by atoms with Crippen molar-refractivity contribution < 1.29 is 13.9 Å². The zero-order valence-electron chi connectivity index (χ0n) is 12.5. The molecule has 4 nitrogen and oxygen atoms in total. The van der Waals surface area contributed by atoms with Gasteiger partial charge in [0.1, 0.15) is 24.3 Å². The van der Waals surface area contributed by atoms with Gasteiger partial charge in [0.25, 0.3) is 0 Å². The van der Waals surface area contributed by atoms with E-state index < -0.39 is 0 Å². The highest BCUT2D eigenvalue weighted by atomic mass is 19.1. The molecule has 1 heterocycles. The molecule has 1 saturated carbocycles. The molecule has 1 aliphatic heterocycles. The molecule has 21 heavy (non-hydrogen) atoms. The molecule has 2 aliphatic rings. The number of nitrogens with one attached hydrogen (secondary N) is 1. The van der Waals surface area contributed by atoms with Gasteiger partial charge in [-0.25, -0.2) is 4.39 Å². The first-order valence-corrected chi connectivity index (χ1v) is 7.65. The highest BCUT2D eigenvalue weighted by Crippen LogP contribution is 2.24. The van der Waals surface area contributed by atoms with Gasteiger partial charge in [-0.15, -0.1) is 0 Å². The van der Waals surface area contributed by atoms with E-state index in [1.54, 1.807) is 12.1 Å². The Morgan fingerprint density at radius 3 is 3.05 bits per heavy atom. The van der Waals surface area contributed by atoms with Crippen molar-refractivity contribution >= 4 is 0 Å². The number of likely N-dealkylation sites (N-methyl/N-ethyl adjacent to an activating group) is 1. The van der Waals surface area contributed by atoms with Crippen molar-refractivity contribution in [2.24, 2.45) is 0 Å². The number of morpholine rings is 1. The second kappa shape index (κ2) is 6.73. The third kappa shape index (κ3) is 4.40. The summed E-state index contributed by atoms with van der Waals surface area (Å²) in [7, 11) is 2.08. The molecule has 1 atom stereocenters. The summed E-state index contributed by atoms with van der Waals surface area (Å²) >= 11 is 0. The monoisotopic (exact) mass is 294 g/mol. The lowest BCUT2D eigenvalue weighted by Crippen LogP contribution is -2.42. The number of nitrogens with zero attached hydrogens (tertiary/aromatic N) is 1. The quantitative estimate of drug-likeness (QED) is 0.867. The van der Waals surface area contributed by atoms with Gasteiger partial charge >= 0.3 is 0 Å². The smallest absolute Gasteiger partial charge is 0.124 e. The summed E-state index contributed by atoms with van der Waals surface area (Å²) in [5, 5.41) is 3.40. The molecular formula is C16H23FN2O2. The van der Waals surface area contributed by atoms with Crippen LogP contribution in [0.2, 0.25) is 0 Å². The summed E-state index contributed by atoms with van der Waals surface area (Å²) in [6.07, 6.45) is 2.51. The molecule has 0 radical (unpaired) electrons. The zero-order chi connectivity index (χ0) is 14.7. The lowest BCUT2D eigenvalue weighted by Gasteiger charge is -2.30. The topological polar surface area (TPSA) is 33.7 Å². The van der Waals surface area contributed by atoms with Crippen LogP contribution < -0.4 is 10.1 Å². The number of hydrogen-bond donors (Lipinski definition) is 1. The lowest BCUT2D eigenvalue weighted by molar-refractivity contribution is -0.0404. The Kier molecular flexibility index (Phi) is 4.73. The van der Waals surface area contributed by atoms with Gasteiger partial charge in [-0.1, -0.05) is 0 Å². The van der Waals surface area contributed by atoms with Crippen LogP contribution in [0.3, 0.4) is 0 Å². The summed E-state index contributed by atoms with van der Waals surface area (Å²) < 4.78 is 25.0. The predicted molar refractivity (Wildman–Crippen MR) is 79.0 cm³/mol. The predicted octanol–water partition coefficient (Wildman–Crippen LogP) is 1.79. The number of benzene rings is 1. The maximum absolute atomic E-state index is 13.4. The van der Waals surface area contributed by atoms with Crippen LogP contribution in [0.15, 0.2) is 18.2 Å². The number of ether oxygens (including phenoxy) is 2. The summed E-state index contributed by atoms with van der Waals surface area (Å²) in [5.41, 5.74) is 0.881. The lowest BCUT2D eigenvalue weighted by atomic mass is 10.2. The summed E-state index contributed by atoms with van der Waals surface area (Å²) in [4.78, 5) is 2.23. The average molecular weight is 294 g/mol. The van der Waals surface area contributed by atoms with Crippen molar-refractivity contribution in [3.05, 3.63) is 29.6 Å². The van der Waals surface area contributed by atoms with E-state index in [1.807, 2.05) is 0 Å². The van der Waals surface area contributed by atoms with Gasteiger partial charge in [-0.2, -0.15) is 0 Å². The minimum atomic E-state index is -0.219. The van der Waals surface area contributed by atoms with Crippen molar-refractivity contribution in [3.63, 3.8) is 0 Å². The largest absolute Gasteiger partial charge is 0.490 e. The van der Waals surface area contributed by atoms with Crippen molar-refractivity contribution in [1.29, 1.82) is 0 Å². The number of hydrogen-bond acceptors (Lipinski definition) is 4. The van der Waals surface area contributed by atoms with Crippen LogP contribution in [0.25, 0.3) is 0 Å². The van der Waals surface area contributed by atoms with E-state index in [1.165, 1.54) is 18.9 Å². The molecule has 1 unspecified atom stereocenters. The molecule has 5 heteroatoms.